The molecule has 0 spiro atoms. The standard InChI is InChI=1S/C25H24FN5O2/c1-16-15-27-11-12-31(16)19-7-5-17(6-8-19)25(32)28-24-22-10-9-21(14-23(22)29-30-24)33-20-4-2-3-18(26)13-20/h2-10,13-14,16,27H,11-12,15H2,1H3,(H2,28,29,30,32). The SMILES string of the molecule is CC1CNCCN1c1ccc(C(=O)Nc2n[nH]c3cc(Oc4cccc(F)c4)ccc23)cc1. The van der Waals surface area contributed by atoms with E-state index in [9.17, 15) is 9.18 Å². The van der Waals surface area contributed by atoms with Crippen molar-refractivity contribution in [3.8, 4) is 11.5 Å². The lowest BCUT2D eigenvalue weighted by molar-refractivity contribution is 0.102. The molecule has 0 aliphatic carbocycles. The number of hydrogen-bond donors (Lipinski definition) is 3. The molecule has 1 aromatic heterocycles. The molecule has 7 nitrogen and oxygen atoms in total. The number of aromatic nitrogens is 2. The number of anilines is 2. The lowest BCUT2D eigenvalue weighted by Crippen LogP contribution is -2.49. The summed E-state index contributed by atoms with van der Waals surface area (Å²) in [5.41, 5.74) is 2.36. The minimum Gasteiger partial charge on any atom is -0.457 e. The number of aromatic amines is 1. The van der Waals surface area contributed by atoms with Gasteiger partial charge in [0.2, 0.25) is 0 Å². The number of H-pyrrole nitrogens is 1. The average Bonchev–Trinajstić information content (AvgIpc) is 3.21. The lowest BCUT2D eigenvalue weighted by atomic mass is 10.1. The van der Waals surface area contributed by atoms with Gasteiger partial charge in [-0.05, 0) is 55.5 Å². The van der Waals surface area contributed by atoms with E-state index >= 15 is 0 Å². The Balaban J connectivity index is 1.29. The lowest BCUT2D eigenvalue weighted by Gasteiger charge is -2.35. The summed E-state index contributed by atoms with van der Waals surface area (Å²) in [6.07, 6.45) is 0. The Labute approximate surface area is 190 Å². The van der Waals surface area contributed by atoms with Crippen LogP contribution in [-0.2, 0) is 0 Å². The monoisotopic (exact) mass is 445 g/mol. The molecule has 1 unspecified atom stereocenters. The third kappa shape index (κ3) is 4.51. The van der Waals surface area contributed by atoms with Gasteiger partial charge in [0.25, 0.3) is 5.91 Å². The van der Waals surface area contributed by atoms with Gasteiger partial charge in [-0.25, -0.2) is 4.39 Å². The van der Waals surface area contributed by atoms with Gasteiger partial charge in [0.1, 0.15) is 17.3 Å². The van der Waals surface area contributed by atoms with E-state index in [0.29, 0.717) is 34.4 Å². The van der Waals surface area contributed by atoms with Crippen molar-refractivity contribution in [1.82, 2.24) is 15.5 Å². The molecule has 33 heavy (non-hydrogen) atoms. The fourth-order valence-electron chi connectivity index (χ4n) is 4.03. The van der Waals surface area contributed by atoms with E-state index < -0.39 is 0 Å². The number of nitrogens with one attached hydrogen (secondary N) is 3. The molecule has 1 aliphatic heterocycles. The molecule has 1 fully saturated rings. The zero-order valence-electron chi connectivity index (χ0n) is 18.1. The zero-order valence-corrected chi connectivity index (χ0v) is 18.1. The first-order chi connectivity index (χ1) is 16.1. The average molecular weight is 445 g/mol. The number of amides is 1. The second-order valence-electron chi connectivity index (χ2n) is 8.09. The van der Waals surface area contributed by atoms with E-state index in [1.165, 1.54) is 12.1 Å². The fourth-order valence-corrected chi connectivity index (χ4v) is 4.03. The number of carbonyl (C=O) groups excluding carboxylic acids is 1. The van der Waals surface area contributed by atoms with Crippen LogP contribution in [0.5, 0.6) is 11.5 Å². The number of piperazine rings is 1. The van der Waals surface area contributed by atoms with E-state index in [1.807, 2.05) is 24.3 Å². The van der Waals surface area contributed by atoms with Gasteiger partial charge in [0, 0.05) is 54.4 Å². The Bertz CT molecular complexity index is 1290. The highest BCUT2D eigenvalue weighted by atomic mass is 19.1. The summed E-state index contributed by atoms with van der Waals surface area (Å²) in [4.78, 5) is 15.1. The Morgan fingerprint density at radius 3 is 2.73 bits per heavy atom. The van der Waals surface area contributed by atoms with Crippen molar-refractivity contribution in [3.05, 3.63) is 78.1 Å². The smallest absolute Gasteiger partial charge is 0.256 e. The first-order valence-electron chi connectivity index (χ1n) is 10.9. The Hall–Kier alpha value is -3.91. The van der Waals surface area contributed by atoms with Crippen LogP contribution in [0.2, 0.25) is 0 Å². The molecule has 4 aromatic rings. The molecule has 1 atom stereocenters. The number of fused-ring (bicyclic) bond motifs is 1. The molecule has 168 valence electrons. The minimum absolute atomic E-state index is 0.233. The highest BCUT2D eigenvalue weighted by molar-refractivity contribution is 6.08. The molecule has 1 amide bonds. The van der Waals surface area contributed by atoms with Gasteiger partial charge in [0.15, 0.2) is 5.82 Å². The van der Waals surface area contributed by atoms with Crippen LogP contribution in [0.4, 0.5) is 15.9 Å². The quantitative estimate of drug-likeness (QED) is 0.420. The molecule has 5 rings (SSSR count). The summed E-state index contributed by atoms with van der Waals surface area (Å²) in [5.74, 6) is 0.777. The number of ether oxygens (including phenoxy) is 1. The summed E-state index contributed by atoms with van der Waals surface area (Å²) in [6, 6.07) is 19.3. The minimum atomic E-state index is -0.365. The molecular formula is C25H24FN5O2. The Kier molecular flexibility index (Phi) is 5.66. The molecule has 3 aromatic carbocycles. The predicted molar refractivity (Wildman–Crippen MR) is 127 cm³/mol. The van der Waals surface area contributed by atoms with Crippen molar-refractivity contribution >= 4 is 28.3 Å². The van der Waals surface area contributed by atoms with Crippen molar-refractivity contribution in [1.29, 1.82) is 0 Å². The van der Waals surface area contributed by atoms with Crippen LogP contribution in [-0.4, -0.2) is 41.8 Å². The molecular weight excluding hydrogens is 421 g/mol. The number of nitrogens with zero attached hydrogens (tertiary/aromatic N) is 2. The van der Waals surface area contributed by atoms with Gasteiger partial charge >= 0.3 is 0 Å². The number of benzene rings is 3. The summed E-state index contributed by atoms with van der Waals surface area (Å²) >= 11 is 0. The van der Waals surface area contributed by atoms with Crippen LogP contribution in [0.3, 0.4) is 0 Å². The van der Waals surface area contributed by atoms with Crippen molar-refractivity contribution in [2.24, 2.45) is 0 Å². The molecule has 2 heterocycles. The van der Waals surface area contributed by atoms with Crippen LogP contribution in [0.15, 0.2) is 66.7 Å². The van der Waals surface area contributed by atoms with Crippen LogP contribution in [0.25, 0.3) is 10.9 Å². The van der Waals surface area contributed by atoms with Crippen LogP contribution in [0, 0.1) is 5.82 Å². The van der Waals surface area contributed by atoms with Gasteiger partial charge in [0.05, 0.1) is 5.52 Å². The van der Waals surface area contributed by atoms with Gasteiger partial charge in [-0.15, -0.1) is 0 Å². The first-order valence-corrected chi connectivity index (χ1v) is 10.9. The molecule has 1 aliphatic rings. The van der Waals surface area contributed by atoms with Crippen molar-refractivity contribution < 1.29 is 13.9 Å². The van der Waals surface area contributed by atoms with E-state index in [-0.39, 0.29) is 11.7 Å². The second kappa shape index (κ2) is 8.91. The first kappa shape index (κ1) is 21.0. The van der Waals surface area contributed by atoms with Crippen molar-refractivity contribution in [2.45, 2.75) is 13.0 Å². The number of carbonyl (C=O) groups is 1. The maximum atomic E-state index is 13.4. The predicted octanol–water partition coefficient (Wildman–Crippen LogP) is 4.54. The van der Waals surface area contributed by atoms with Gasteiger partial charge < -0.3 is 20.3 Å². The fraction of sp³-hybridized carbons (Fsp3) is 0.200. The maximum Gasteiger partial charge on any atom is 0.256 e. The summed E-state index contributed by atoms with van der Waals surface area (Å²) in [7, 11) is 0. The molecule has 0 saturated carbocycles. The molecule has 0 radical (unpaired) electrons. The van der Waals surface area contributed by atoms with E-state index in [0.717, 1.165) is 30.7 Å². The normalized spacial score (nSPS) is 16.1. The highest BCUT2D eigenvalue weighted by Crippen LogP contribution is 2.28. The van der Waals surface area contributed by atoms with Gasteiger partial charge in [-0.3, -0.25) is 9.89 Å². The topological polar surface area (TPSA) is 82.3 Å². The Morgan fingerprint density at radius 1 is 1.12 bits per heavy atom. The summed E-state index contributed by atoms with van der Waals surface area (Å²) in [6.45, 7) is 5.03. The summed E-state index contributed by atoms with van der Waals surface area (Å²) in [5, 5.41) is 14.1. The molecule has 3 N–H and O–H groups in total. The number of hydrogen-bond acceptors (Lipinski definition) is 5. The molecule has 8 heteroatoms. The third-order valence-corrected chi connectivity index (χ3v) is 5.76. The third-order valence-electron chi connectivity index (χ3n) is 5.76. The second-order valence-corrected chi connectivity index (χ2v) is 8.09. The van der Waals surface area contributed by atoms with Crippen LogP contribution >= 0.6 is 0 Å². The molecule has 1 saturated heterocycles. The largest absolute Gasteiger partial charge is 0.457 e. The van der Waals surface area contributed by atoms with E-state index in [2.05, 4.69) is 32.7 Å². The highest BCUT2D eigenvalue weighted by Gasteiger charge is 2.19. The van der Waals surface area contributed by atoms with E-state index in [1.54, 1.807) is 30.3 Å². The van der Waals surface area contributed by atoms with Crippen molar-refractivity contribution in [3.63, 3.8) is 0 Å². The van der Waals surface area contributed by atoms with Gasteiger partial charge in [-0.2, -0.15) is 5.10 Å². The van der Waals surface area contributed by atoms with E-state index in [4.69, 9.17) is 4.74 Å². The van der Waals surface area contributed by atoms with Gasteiger partial charge in [-0.1, -0.05) is 6.07 Å². The van der Waals surface area contributed by atoms with Crippen molar-refractivity contribution in [2.75, 3.05) is 29.9 Å². The van der Waals surface area contributed by atoms with Crippen LogP contribution < -0.4 is 20.3 Å². The zero-order chi connectivity index (χ0) is 22.8. The number of rotatable bonds is 5. The van der Waals surface area contributed by atoms with Crippen LogP contribution in [0.1, 0.15) is 17.3 Å². The Morgan fingerprint density at radius 2 is 1.94 bits per heavy atom. The number of halogens is 1. The maximum absolute atomic E-state index is 13.4. The summed E-state index contributed by atoms with van der Waals surface area (Å²) < 4.78 is 19.1. The molecule has 0 bridgehead atoms.